The van der Waals surface area contributed by atoms with Crippen molar-refractivity contribution in [1.82, 2.24) is 10.2 Å². The minimum absolute atomic E-state index is 0.0807. The van der Waals surface area contributed by atoms with E-state index in [-0.39, 0.29) is 23.8 Å². The Kier molecular flexibility index (Phi) is 10.5. The van der Waals surface area contributed by atoms with Gasteiger partial charge in [-0.3, -0.25) is 13.9 Å². The Bertz CT molecular complexity index is 1560. The van der Waals surface area contributed by atoms with Gasteiger partial charge in [0, 0.05) is 19.5 Å². The van der Waals surface area contributed by atoms with Gasteiger partial charge in [-0.1, -0.05) is 104 Å². The zero-order valence-electron chi connectivity index (χ0n) is 24.0. The molecule has 0 aliphatic carbocycles. The standard InChI is InChI=1S/C34H37N3O4S/c1-3-23-35-34(39)32(24-28-16-7-4-8-17-28)36(25-29-18-9-5-10-19-29)33(38)26-37(31-22-14-13-15-27(31)2)42(40,41)30-20-11-6-12-21-30/h4-22,32H,3,23-26H2,1-2H3,(H,35,39)/t32-/m1/s1. The molecule has 0 spiro atoms. The van der Waals surface area contributed by atoms with Gasteiger partial charge >= 0.3 is 0 Å². The smallest absolute Gasteiger partial charge is 0.264 e. The van der Waals surface area contributed by atoms with Crippen molar-refractivity contribution in [2.45, 2.75) is 44.2 Å². The second-order valence-electron chi connectivity index (χ2n) is 10.1. The van der Waals surface area contributed by atoms with Gasteiger partial charge in [0.25, 0.3) is 10.0 Å². The monoisotopic (exact) mass is 583 g/mol. The van der Waals surface area contributed by atoms with Crippen molar-refractivity contribution in [3.05, 3.63) is 132 Å². The van der Waals surface area contributed by atoms with E-state index in [2.05, 4.69) is 5.32 Å². The second-order valence-corrected chi connectivity index (χ2v) is 12.0. The summed E-state index contributed by atoms with van der Waals surface area (Å²) in [5.41, 5.74) is 2.85. The molecule has 218 valence electrons. The minimum Gasteiger partial charge on any atom is -0.354 e. The fourth-order valence-electron chi connectivity index (χ4n) is 4.78. The number of hydrogen-bond donors (Lipinski definition) is 1. The number of amides is 2. The molecule has 8 heteroatoms. The first-order valence-corrected chi connectivity index (χ1v) is 15.5. The molecule has 0 saturated heterocycles. The van der Waals surface area contributed by atoms with Gasteiger partial charge < -0.3 is 10.2 Å². The highest BCUT2D eigenvalue weighted by molar-refractivity contribution is 7.92. The number of carbonyl (C=O) groups excluding carboxylic acids is 2. The Morgan fingerprint density at radius 3 is 1.90 bits per heavy atom. The maximum absolute atomic E-state index is 14.4. The first kappa shape index (κ1) is 30.5. The van der Waals surface area contributed by atoms with Gasteiger partial charge in [0.1, 0.15) is 12.6 Å². The number of sulfonamides is 1. The zero-order valence-corrected chi connectivity index (χ0v) is 24.8. The lowest BCUT2D eigenvalue weighted by Gasteiger charge is -2.34. The third-order valence-corrected chi connectivity index (χ3v) is 8.78. The molecule has 0 aliphatic rings. The van der Waals surface area contributed by atoms with Crippen LogP contribution in [0, 0.1) is 6.92 Å². The molecular weight excluding hydrogens is 546 g/mol. The average Bonchev–Trinajstić information content (AvgIpc) is 3.02. The molecule has 42 heavy (non-hydrogen) atoms. The van der Waals surface area contributed by atoms with Crippen molar-refractivity contribution in [2.24, 2.45) is 0 Å². The number of aryl methyl sites for hydroxylation is 1. The lowest BCUT2D eigenvalue weighted by molar-refractivity contribution is -0.140. The predicted octanol–water partition coefficient (Wildman–Crippen LogP) is 5.36. The van der Waals surface area contributed by atoms with Gasteiger partial charge in [0.05, 0.1) is 10.6 Å². The van der Waals surface area contributed by atoms with Crippen LogP contribution in [0.3, 0.4) is 0 Å². The van der Waals surface area contributed by atoms with Crippen LogP contribution in [0.4, 0.5) is 5.69 Å². The quantitative estimate of drug-likeness (QED) is 0.230. The third-order valence-electron chi connectivity index (χ3n) is 7.01. The number of para-hydroxylation sites is 1. The summed E-state index contributed by atoms with van der Waals surface area (Å²) in [5, 5.41) is 2.96. The van der Waals surface area contributed by atoms with Crippen LogP contribution in [-0.4, -0.2) is 44.3 Å². The zero-order chi connectivity index (χ0) is 30.0. The number of hydrogen-bond acceptors (Lipinski definition) is 4. The predicted molar refractivity (Wildman–Crippen MR) is 166 cm³/mol. The van der Waals surface area contributed by atoms with Crippen LogP contribution in [0.2, 0.25) is 0 Å². The maximum Gasteiger partial charge on any atom is 0.264 e. The highest BCUT2D eigenvalue weighted by Gasteiger charge is 2.34. The number of rotatable bonds is 13. The topological polar surface area (TPSA) is 86.8 Å². The molecule has 7 nitrogen and oxygen atoms in total. The van der Waals surface area contributed by atoms with Crippen molar-refractivity contribution < 1.29 is 18.0 Å². The average molecular weight is 584 g/mol. The largest absolute Gasteiger partial charge is 0.354 e. The van der Waals surface area contributed by atoms with Crippen molar-refractivity contribution in [2.75, 3.05) is 17.4 Å². The van der Waals surface area contributed by atoms with Crippen LogP contribution >= 0.6 is 0 Å². The van der Waals surface area contributed by atoms with Crippen LogP contribution in [0.25, 0.3) is 0 Å². The molecule has 0 heterocycles. The van der Waals surface area contributed by atoms with E-state index in [0.29, 0.717) is 17.8 Å². The van der Waals surface area contributed by atoms with Gasteiger partial charge in [-0.15, -0.1) is 0 Å². The molecule has 2 amide bonds. The highest BCUT2D eigenvalue weighted by atomic mass is 32.2. The van der Waals surface area contributed by atoms with Crippen LogP contribution < -0.4 is 9.62 Å². The second kappa shape index (κ2) is 14.5. The van der Waals surface area contributed by atoms with Gasteiger partial charge in [0.15, 0.2) is 0 Å². The molecule has 0 fully saturated rings. The van der Waals surface area contributed by atoms with Crippen LogP contribution in [-0.2, 0) is 32.6 Å². The van der Waals surface area contributed by atoms with Gasteiger partial charge in [-0.25, -0.2) is 8.42 Å². The summed E-state index contributed by atoms with van der Waals surface area (Å²) in [4.78, 5) is 29.6. The summed E-state index contributed by atoms with van der Waals surface area (Å²) in [7, 11) is -4.11. The van der Waals surface area contributed by atoms with E-state index in [1.807, 2.05) is 86.6 Å². The summed E-state index contributed by atoms with van der Waals surface area (Å²) >= 11 is 0. The van der Waals surface area contributed by atoms with Crippen LogP contribution in [0.1, 0.15) is 30.0 Å². The van der Waals surface area contributed by atoms with E-state index in [1.54, 1.807) is 30.3 Å². The van der Waals surface area contributed by atoms with E-state index in [4.69, 9.17) is 0 Å². The molecular formula is C34H37N3O4S. The van der Waals surface area contributed by atoms with E-state index < -0.39 is 28.5 Å². The molecule has 0 aromatic heterocycles. The molecule has 4 aromatic rings. The van der Waals surface area contributed by atoms with E-state index in [9.17, 15) is 18.0 Å². The SMILES string of the molecule is CCCNC(=O)[C@@H](Cc1ccccc1)N(Cc1ccccc1)C(=O)CN(c1ccccc1C)S(=O)(=O)c1ccccc1. The molecule has 1 atom stereocenters. The van der Waals surface area contributed by atoms with E-state index in [0.717, 1.165) is 21.9 Å². The Labute approximate surface area is 248 Å². The summed E-state index contributed by atoms with van der Waals surface area (Å²) in [6, 6.07) is 33.3. The lowest BCUT2D eigenvalue weighted by Crippen LogP contribution is -2.53. The lowest BCUT2D eigenvalue weighted by atomic mass is 10.0. The Morgan fingerprint density at radius 1 is 0.762 bits per heavy atom. The van der Waals surface area contributed by atoms with E-state index in [1.165, 1.54) is 17.0 Å². The summed E-state index contributed by atoms with van der Waals surface area (Å²) in [6.45, 7) is 3.92. The third kappa shape index (κ3) is 7.64. The number of nitrogens with one attached hydrogen (secondary N) is 1. The van der Waals surface area contributed by atoms with Gasteiger partial charge in [-0.05, 0) is 48.2 Å². The molecule has 0 bridgehead atoms. The molecule has 0 aliphatic heterocycles. The Hall–Kier alpha value is -4.43. The number of benzene rings is 4. The highest BCUT2D eigenvalue weighted by Crippen LogP contribution is 2.27. The van der Waals surface area contributed by atoms with Gasteiger partial charge in [0.2, 0.25) is 11.8 Å². The van der Waals surface area contributed by atoms with Crippen LogP contribution in [0.15, 0.2) is 120 Å². The summed E-state index contributed by atoms with van der Waals surface area (Å²) < 4.78 is 29.2. The van der Waals surface area contributed by atoms with Crippen molar-refractivity contribution in [3.8, 4) is 0 Å². The Balaban J connectivity index is 1.78. The van der Waals surface area contributed by atoms with E-state index >= 15 is 0 Å². The normalized spacial score (nSPS) is 11.9. The number of nitrogens with zero attached hydrogens (tertiary/aromatic N) is 2. The molecule has 0 unspecified atom stereocenters. The maximum atomic E-state index is 14.4. The van der Waals surface area contributed by atoms with Crippen LogP contribution in [0.5, 0.6) is 0 Å². The van der Waals surface area contributed by atoms with Crippen molar-refractivity contribution >= 4 is 27.5 Å². The first-order valence-electron chi connectivity index (χ1n) is 14.1. The Morgan fingerprint density at radius 2 is 1.31 bits per heavy atom. The molecule has 0 radical (unpaired) electrons. The molecule has 0 saturated carbocycles. The first-order chi connectivity index (χ1) is 20.3. The fraction of sp³-hybridized carbons (Fsp3) is 0.235. The van der Waals surface area contributed by atoms with Gasteiger partial charge in [-0.2, -0.15) is 0 Å². The minimum atomic E-state index is -4.11. The molecule has 4 rings (SSSR count). The summed E-state index contributed by atoms with van der Waals surface area (Å²) in [5.74, 6) is -0.757. The number of anilines is 1. The molecule has 4 aromatic carbocycles. The number of carbonyl (C=O) groups is 2. The molecule has 1 N–H and O–H groups in total. The van der Waals surface area contributed by atoms with Crippen molar-refractivity contribution in [3.63, 3.8) is 0 Å². The fourth-order valence-corrected chi connectivity index (χ4v) is 6.28. The summed E-state index contributed by atoms with van der Waals surface area (Å²) in [6.07, 6.45) is 1.03. The van der Waals surface area contributed by atoms with Crippen molar-refractivity contribution in [1.29, 1.82) is 0 Å².